The number of hydrogen-bond acceptors (Lipinski definition) is 3. The molecule has 1 heterocycles. The summed E-state index contributed by atoms with van der Waals surface area (Å²) in [5, 5.41) is 3.64. The Morgan fingerprint density at radius 3 is 2.43 bits per heavy atom. The Morgan fingerprint density at radius 1 is 1.09 bits per heavy atom. The van der Waals surface area contributed by atoms with Crippen molar-refractivity contribution in [3.05, 3.63) is 39.5 Å². The Labute approximate surface area is 145 Å². The summed E-state index contributed by atoms with van der Waals surface area (Å²) in [6, 6.07) is 5.29. The van der Waals surface area contributed by atoms with Gasteiger partial charge in [0, 0.05) is 11.1 Å². The number of nitrogens with zero attached hydrogens (tertiary/aromatic N) is 1. The van der Waals surface area contributed by atoms with Crippen LogP contribution >= 0.6 is 23.2 Å². The molecule has 1 aromatic rings. The predicted octanol–water partition coefficient (Wildman–Crippen LogP) is 3.89. The molecule has 1 N–H and O–H groups in total. The van der Waals surface area contributed by atoms with Crippen LogP contribution in [-0.2, 0) is 9.59 Å². The molecule has 3 rings (SSSR count). The van der Waals surface area contributed by atoms with Gasteiger partial charge in [0.25, 0.3) is 11.8 Å². The zero-order valence-electron chi connectivity index (χ0n) is 12.9. The predicted molar refractivity (Wildman–Crippen MR) is 91.6 cm³/mol. The smallest absolute Gasteiger partial charge is 0.283 e. The number of aryl methyl sites for hydroxylation is 1. The maximum atomic E-state index is 12.7. The second-order valence-electron chi connectivity index (χ2n) is 6.05. The first kappa shape index (κ1) is 16.3. The number of benzene rings is 1. The van der Waals surface area contributed by atoms with E-state index in [1.54, 1.807) is 18.2 Å². The van der Waals surface area contributed by atoms with Crippen molar-refractivity contribution in [2.45, 2.75) is 45.1 Å². The molecule has 0 saturated heterocycles. The summed E-state index contributed by atoms with van der Waals surface area (Å²) in [4.78, 5) is 26.1. The van der Waals surface area contributed by atoms with Gasteiger partial charge in [-0.15, -0.1) is 0 Å². The fourth-order valence-electron chi connectivity index (χ4n) is 3.03. The summed E-state index contributed by atoms with van der Waals surface area (Å²) >= 11 is 12.2. The lowest BCUT2D eigenvalue weighted by molar-refractivity contribution is -0.120. The van der Waals surface area contributed by atoms with Gasteiger partial charge in [0.15, 0.2) is 0 Å². The zero-order valence-corrected chi connectivity index (χ0v) is 14.4. The highest BCUT2D eigenvalue weighted by molar-refractivity contribution is 6.52. The van der Waals surface area contributed by atoms with Crippen molar-refractivity contribution in [2.75, 3.05) is 4.90 Å². The zero-order chi connectivity index (χ0) is 16.6. The minimum atomic E-state index is -0.505. The van der Waals surface area contributed by atoms with Crippen LogP contribution in [0.25, 0.3) is 0 Å². The van der Waals surface area contributed by atoms with Crippen LogP contribution in [0.3, 0.4) is 0 Å². The van der Waals surface area contributed by atoms with Crippen LogP contribution in [0.4, 0.5) is 5.69 Å². The van der Waals surface area contributed by atoms with Gasteiger partial charge in [0.05, 0.1) is 5.69 Å². The Balaban J connectivity index is 1.84. The number of hydrogen-bond donors (Lipinski definition) is 1. The number of rotatable bonds is 3. The van der Waals surface area contributed by atoms with Crippen LogP contribution in [0.15, 0.2) is 28.9 Å². The lowest BCUT2D eigenvalue weighted by Crippen LogP contribution is -2.37. The Hall–Kier alpha value is -1.52. The summed E-state index contributed by atoms with van der Waals surface area (Å²) in [6.07, 6.45) is 5.45. The summed E-state index contributed by atoms with van der Waals surface area (Å²) in [5.41, 5.74) is 1.53. The normalized spacial score (nSPS) is 19.7. The highest BCUT2D eigenvalue weighted by Gasteiger charge is 2.39. The lowest BCUT2D eigenvalue weighted by atomic mass is 9.95. The van der Waals surface area contributed by atoms with Crippen LogP contribution in [-0.4, -0.2) is 17.9 Å². The Morgan fingerprint density at radius 2 is 1.78 bits per heavy atom. The van der Waals surface area contributed by atoms with E-state index >= 15 is 0 Å². The minimum Gasteiger partial charge on any atom is -0.376 e. The van der Waals surface area contributed by atoms with Crippen molar-refractivity contribution in [3.63, 3.8) is 0 Å². The molecule has 122 valence electrons. The first-order chi connectivity index (χ1) is 11.0. The van der Waals surface area contributed by atoms with Gasteiger partial charge in [-0.3, -0.25) is 9.59 Å². The van der Waals surface area contributed by atoms with Gasteiger partial charge in [0.2, 0.25) is 0 Å². The molecule has 0 atom stereocenters. The van der Waals surface area contributed by atoms with Crippen LogP contribution in [0, 0.1) is 6.92 Å². The molecule has 6 heteroatoms. The average molecular weight is 353 g/mol. The van der Waals surface area contributed by atoms with Crippen molar-refractivity contribution in [2.24, 2.45) is 0 Å². The molecule has 1 aliphatic heterocycles. The summed E-state index contributed by atoms with van der Waals surface area (Å²) in [5.74, 6) is -0.916. The number of nitrogens with one attached hydrogen (secondary N) is 1. The SMILES string of the molecule is Cc1ccc(N2C(=O)C(Cl)=C(NC3CCCCC3)C2=O)cc1Cl. The monoisotopic (exact) mass is 352 g/mol. The first-order valence-electron chi connectivity index (χ1n) is 7.80. The van der Waals surface area contributed by atoms with Crippen molar-refractivity contribution in [1.82, 2.24) is 5.32 Å². The van der Waals surface area contributed by atoms with E-state index < -0.39 is 11.8 Å². The molecule has 0 spiro atoms. The third-order valence-electron chi connectivity index (χ3n) is 4.39. The molecule has 4 nitrogen and oxygen atoms in total. The Kier molecular flexibility index (Phi) is 4.64. The van der Waals surface area contributed by atoms with E-state index in [2.05, 4.69) is 5.32 Å². The summed E-state index contributed by atoms with van der Waals surface area (Å²) in [6.45, 7) is 1.86. The van der Waals surface area contributed by atoms with E-state index in [1.807, 2.05) is 6.92 Å². The second-order valence-corrected chi connectivity index (χ2v) is 6.83. The van der Waals surface area contributed by atoms with Crippen LogP contribution in [0.2, 0.25) is 5.02 Å². The molecule has 23 heavy (non-hydrogen) atoms. The van der Waals surface area contributed by atoms with Crippen LogP contribution in [0.1, 0.15) is 37.7 Å². The van der Waals surface area contributed by atoms with Gasteiger partial charge >= 0.3 is 0 Å². The number of amides is 2. The number of carbonyl (C=O) groups is 2. The number of carbonyl (C=O) groups excluding carboxylic acids is 2. The van der Waals surface area contributed by atoms with Crippen molar-refractivity contribution in [1.29, 1.82) is 0 Å². The maximum absolute atomic E-state index is 12.7. The number of anilines is 1. The molecule has 1 saturated carbocycles. The molecule has 0 radical (unpaired) electrons. The van der Waals surface area contributed by atoms with E-state index in [9.17, 15) is 9.59 Å². The van der Waals surface area contributed by atoms with Crippen molar-refractivity contribution >= 4 is 40.7 Å². The van der Waals surface area contributed by atoms with E-state index in [4.69, 9.17) is 23.2 Å². The molecule has 1 fully saturated rings. The average Bonchev–Trinajstić information content (AvgIpc) is 2.75. The lowest BCUT2D eigenvalue weighted by Gasteiger charge is -2.24. The highest BCUT2D eigenvalue weighted by atomic mass is 35.5. The summed E-state index contributed by atoms with van der Waals surface area (Å²) in [7, 11) is 0. The molecule has 2 amide bonds. The molecular formula is C17H18Cl2N2O2. The quantitative estimate of drug-likeness (QED) is 0.839. The van der Waals surface area contributed by atoms with Gasteiger partial charge < -0.3 is 5.32 Å². The van der Waals surface area contributed by atoms with E-state index in [1.165, 1.54) is 6.42 Å². The number of imide groups is 1. The molecular weight excluding hydrogens is 335 g/mol. The Bertz CT molecular complexity index is 694. The van der Waals surface area contributed by atoms with E-state index in [-0.39, 0.29) is 16.8 Å². The fourth-order valence-corrected chi connectivity index (χ4v) is 3.43. The largest absolute Gasteiger partial charge is 0.376 e. The van der Waals surface area contributed by atoms with E-state index in [0.717, 1.165) is 36.1 Å². The van der Waals surface area contributed by atoms with E-state index in [0.29, 0.717) is 10.7 Å². The summed E-state index contributed by atoms with van der Waals surface area (Å²) < 4.78 is 0. The molecule has 0 aromatic heterocycles. The van der Waals surface area contributed by atoms with Crippen molar-refractivity contribution in [3.8, 4) is 0 Å². The minimum absolute atomic E-state index is 0.0442. The topological polar surface area (TPSA) is 49.4 Å². The molecule has 1 aliphatic carbocycles. The number of halogens is 2. The van der Waals surface area contributed by atoms with Crippen LogP contribution in [0.5, 0.6) is 0 Å². The molecule has 1 aromatic carbocycles. The van der Waals surface area contributed by atoms with Gasteiger partial charge in [-0.1, -0.05) is 48.5 Å². The van der Waals surface area contributed by atoms with Crippen molar-refractivity contribution < 1.29 is 9.59 Å². The van der Waals surface area contributed by atoms with Gasteiger partial charge in [-0.2, -0.15) is 0 Å². The van der Waals surface area contributed by atoms with Crippen LogP contribution < -0.4 is 10.2 Å². The maximum Gasteiger partial charge on any atom is 0.283 e. The first-order valence-corrected chi connectivity index (χ1v) is 8.56. The molecule has 0 unspecified atom stereocenters. The van der Waals surface area contributed by atoms with Gasteiger partial charge in [-0.25, -0.2) is 4.90 Å². The molecule has 0 bridgehead atoms. The third-order valence-corrected chi connectivity index (χ3v) is 5.15. The second kappa shape index (κ2) is 6.54. The third kappa shape index (κ3) is 3.10. The highest BCUT2D eigenvalue weighted by Crippen LogP contribution is 2.31. The molecule has 2 aliphatic rings. The van der Waals surface area contributed by atoms with Gasteiger partial charge in [0.1, 0.15) is 10.7 Å². The fraction of sp³-hybridized carbons (Fsp3) is 0.412. The standard InChI is InChI=1S/C17H18Cl2N2O2/c1-10-7-8-12(9-13(10)18)21-16(22)14(19)15(17(21)23)20-11-5-3-2-4-6-11/h7-9,11,20H,2-6H2,1H3. The van der Waals surface area contributed by atoms with Gasteiger partial charge in [-0.05, 0) is 37.5 Å².